The molecule has 17 nitrogen and oxygen atoms in total. The van der Waals surface area contributed by atoms with Gasteiger partial charge in [0.1, 0.15) is 19.3 Å². The van der Waals surface area contributed by atoms with Gasteiger partial charge >= 0.3 is 39.5 Å². The highest BCUT2D eigenvalue weighted by atomic mass is 31.2. The Hall–Kier alpha value is -1.94. The number of hydrogen-bond acceptors (Lipinski definition) is 15. The summed E-state index contributed by atoms with van der Waals surface area (Å²) in [7, 11) is -9.91. The largest absolute Gasteiger partial charge is 0.472 e. The number of aliphatic hydroxyl groups excluding tert-OH is 1. The summed E-state index contributed by atoms with van der Waals surface area (Å²) in [5.41, 5.74) is 0. The maximum absolute atomic E-state index is 13.0. The fourth-order valence-corrected chi connectivity index (χ4v) is 12.3. The third-order valence-electron chi connectivity index (χ3n) is 17.7. The van der Waals surface area contributed by atoms with Gasteiger partial charge in [0, 0.05) is 25.7 Å². The molecule has 0 aliphatic carbocycles. The highest BCUT2D eigenvalue weighted by molar-refractivity contribution is 7.47. The Morgan fingerprint density at radius 1 is 0.308 bits per heavy atom. The molecule has 5 unspecified atom stereocenters. The molecule has 0 spiro atoms. The van der Waals surface area contributed by atoms with Crippen LogP contribution < -0.4 is 0 Å². The third-order valence-corrected chi connectivity index (χ3v) is 19.6. The minimum absolute atomic E-state index is 0.103. The fraction of sp³-hybridized carbons (Fsp3) is 0.944. The van der Waals surface area contributed by atoms with E-state index >= 15 is 0 Å². The van der Waals surface area contributed by atoms with Crippen molar-refractivity contribution in [2.24, 2.45) is 23.7 Å². The molecule has 0 rings (SSSR count). The van der Waals surface area contributed by atoms with Crippen molar-refractivity contribution in [1.29, 1.82) is 0 Å². The van der Waals surface area contributed by atoms with Crippen LogP contribution in [-0.2, 0) is 65.4 Å². The van der Waals surface area contributed by atoms with Crippen molar-refractivity contribution in [3.8, 4) is 0 Å². The Bertz CT molecular complexity index is 1800. The first-order valence-electron chi connectivity index (χ1n) is 37.3. The number of aliphatic hydroxyl groups is 1. The number of carbonyl (C=O) groups is 4. The van der Waals surface area contributed by atoms with Crippen LogP contribution >= 0.6 is 15.6 Å². The van der Waals surface area contributed by atoms with E-state index in [-0.39, 0.29) is 25.7 Å². The molecule has 0 heterocycles. The van der Waals surface area contributed by atoms with Crippen molar-refractivity contribution in [2.75, 3.05) is 39.6 Å². The van der Waals surface area contributed by atoms with Gasteiger partial charge in [-0.2, -0.15) is 0 Å². The topological polar surface area (TPSA) is 237 Å². The van der Waals surface area contributed by atoms with E-state index in [2.05, 4.69) is 55.4 Å². The lowest BCUT2D eigenvalue weighted by Crippen LogP contribution is -2.30. The van der Waals surface area contributed by atoms with E-state index in [0.29, 0.717) is 25.7 Å². The standard InChI is InChI=1S/C72H140O17P2/c1-9-63(6)49-41-33-25-18-16-14-12-13-15-17-19-28-38-46-54-71(76)88-68(59-83-70(75)53-45-37-31-30-35-43-51-65(8)11-3)61-87-91(80,81)85-57-66(73)56-84-90(78,79)86-60-67(89-72(77)55-47-39-29-22-20-24-32-40-48-62(4)5)58-82-69(74)52-44-36-27-23-21-26-34-42-50-64(7)10-2/h62-68,73H,9-61H2,1-8H3,(H,78,79)(H,80,81)/t63?,64?,65?,66-,67-,68-/m1/s1. The Kier molecular flexibility index (Phi) is 60.3. The second-order valence-corrected chi connectivity index (χ2v) is 30.1. The van der Waals surface area contributed by atoms with Crippen molar-refractivity contribution in [3.05, 3.63) is 0 Å². The third kappa shape index (κ3) is 62.6. The highest BCUT2D eigenvalue weighted by Crippen LogP contribution is 2.45. The molecular weight excluding hydrogens is 1200 g/mol. The molecule has 0 aromatic rings. The predicted molar refractivity (Wildman–Crippen MR) is 367 cm³/mol. The Morgan fingerprint density at radius 3 is 0.780 bits per heavy atom. The minimum Gasteiger partial charge on any atom is -0.462 e. The Morgan fingerprint density at radius 2 is 0.527 bits per heavy atom. The van der Waals surface area contributed by atoms with E-state index in [1.807, 2.05) is 0 Å². The smallest absolute Gasteiger partial charge is 0.462 e. The first-order valence-corrected chi connectivity index (χ1v) is 40.3. The second kappa shape index (κ2) is 61.6. The normalized spacial score (nSPS) is 15.1. The molecule has 0 aromatic heterocycles. The molecular formula is C72H140O17P2. The lowest BCUT2D eigenvalue weighted by Gasteiger charge is -2.21. The van der Waals surface area contributed by atoms with Crippen LogP contribution in [0.3, 0.4) is 0 Å². The van der Waals surface area contributed by atoms with Gasteiger partial charge in [0.05, 0.1) is 26.4 Å². The molecule has 91 heavy (non-hydrogen) atoms. The van der Waals surface area contributed by atoms with Crippen LogP contribution in [-0.4, -0.2) is 96.7 Å². The lowest BCUT2D eigenvalue weighted by molar-refractivity contribution is -0.161. The minimum atomic E-state index is -4.95. The van der Waals surface area contributed by atoms with E-state index in [4.69, 9.17) is 37.0 Å². The van der Waals surface area contributed by atoms with Gasteiger partial charge in [-0.1, -0.05) is 306 Å². The van der Waals surface area contributed by atoms with Crippen molar-refractivity contribution in [2.45, 2.75) is 375 Å². The molecule has 3 N–H and O–H groups in total. The maximum atomic E-state index is 13.0. The van der Waals surface area contributed by atoms with E-state index in [9.17, 15) is 43.2 Å². The van der Waals surface area contributed by atoms with Gasteiger partial charge in [0.15, 0.2) is 12.2 Å². The van der Waals surface area contributed by atoms with Crippen LogP contribution in [0.4, 0.5) is 0 Å². The highest BCUT2D eigenvalue weighted by Gasteiger charge is 2.30. The molecule has 0 aliphatic heterocycles. The van der Waals surface area contributed by atoms with Gasteiger partial charge in [0.2, 0.25) is 0 Å². The summed E-state index contributed by atoms with van der Waals surface area (Å²) in [6.45, 7) is 14.1. The summed E-state index contributed by atoms with van der Waals surface area (Å²) in [4.78, 5) is 72.6. The molecule has 0 aliphatic rings. The fourth-order valence-electron chi connectivity index (χ4n) is 10.7. The van der Waals surface area contributed by atoms with Crippen LogP contribution in [0.1, 0.15) is 357 Å². The molecule has 0 saturated carbocycles. The average Bonchev–Trinajstić information content (AvgIpc) is 3.50. The molecule has 540 valence electrons. The predicted octanol–water partition coefficient (Wildman–Crippen LogP) is 20.5. The molecule has 8 atom stereocenters. The summed E-state index contributed by atoms with van der Waals surface area (Å²) < 4.78 is 68.3. The zero-order valence-electron chi connectivity index (χ0n) is 59.5. The van der Waals surface area contributed by atoms with E-state index < -0.39 is 97.5 Å². The van der Waals surface area contributed by atoms with Crippen molar-refractivity contribution < 1.29 is 80.2 Å². The van der Waals surface area contributed by atoms with E-state index in [1.165, 1.54) is 154 Å². The first-order chi connectivity index (χ1) is 43.7. The lowest BCUT2D eigenvalue weighted by atomic mass is 9.99. The number of unbranched alkanes of at least 4 members (excludes halogenated alkanes) is 32. The Balaban J connectivity index is 5.23. The van der Waals surface area contributed by atoms with Crippen LogP contribution in [0.15, 0.2) is 0 Å². The van der Waals surface area contributed by atoms with Gasteiger partial charge in [0.25, 0.3) is 0 Å². The monoisotopic (exact) mass is 1340 g/mol. The molecule has 19 heteroatoms. The van der Waals surface area contributed by atoms with Crippen molar-refractivity contribution >= 4 is 39.5 Å². The van der Waals surface area contributed by atoms with Gasteiger partial charge in [-0.15, -0.1) is 0 Å². The molecule has 0 fully saturated rings. The summed E-state index contributed by atoms with van der Waals surface area (Å²) in [6.07, 6.45) is 44.4. The number of hydrogen-bond donors (Lipinski definition) is 3. The van der Waals surface area contributed by atoms with Crippen LogP contribution in [0, 0.1) is 23.7 Å². The van der Waals surface area contributed by atoms with E-state index in [1.54, 1.807) is 0 Å². The summed E-state index contributed by atoms with van der Waals surface area (Å²) >= 11 is 0. The summed E-state index contributed by atoms with van der Waals surface area (Å²) in [6, 6.07) is 0. The quantitative estimate of drug-likeness (QED) is 0.0222. The SMILES string of the molecule is CCC(C)CCCCCCCCCCCCCCCCC(=O)O[C@H](COC(=O)CCCCCCCCC(C)CC)COP(=O)(O)OC[C@H](O)COP(=O)(O)OC[C@@H](COC(=O)CCCCCCCCCCC(C)CC)OC(=O)CCCCCCCCCCC(C)C. The zero-order valence-corrected chi connectivity index (χ0v) is 61.3. The van der Waals surface area contributed by atoms with Crippen LogP contribution in [0.2, 0.25) is 0 Å². The molecule has 0 radical (unpaired) electrons. The molecule has 0 amide bonds. The number of ether oxygens (including phenoxy) is 4. The zero-order chi connectivity index (χ0) is 67.5. The van der Waals surface area contributed by atoms with Crippen LogP contribution in [0.25, 0.3) is 0 Å². The van der Waals surface area contributed by atoms with Crippen molar-refractivity contribution in [1.82, 2.24) is 0 Å². The van der Waals surface area contributed by atoms with Gasteiger partial charge in [-0.05, 0) is 49.4 Å². The number of phosphoric ester groups is 2. The molecule has 0 aromatic carbocycles. The van der Waals surface area contributed by atoms with Gasteiger partial charge in [-0.25, -0.2) is 9.13 Å². The number of esters is 4. The first kappa shape index (κ1) is 89.1. The summed E-state index contributed by atoms with van der Waals surface area (Å²) in [5, 5.41) is 10.6. The maximum Gasteiger partial charge on any atom is 0.472 e. The number of carbonyl (C=O) groups excluding carboxylic acids is 4. The average molecular weight is 1340 g/mol. The van der Waals surface area contributed by atoms with Crippen LogP contribution in [0.5, 0.6) is 0 Å². The number of phosphoric acid groups is 2. The van der Waals surface area contributed by atoms with E-state index in [0.717, 1.165) is 120 Å². The molecule has 0 saturated heterocycles. The number of rotatable bonds is 69. The van der Waals surface area contributed by atoms with Gasteiger partial charge < -0.3 is 33.8 Å². The van der Waals surface area contributed by atoms with Gasteiger partial charge in [-0.3, -0.25) is 37.3 Å². The summed E-state index contributed by atoms with van der Waals surface area (Å²) in [5.74, 6) is 0.943. The van der Waals surface area contributed by atoms with Crippen molar-refractivity contribution in [3.63, 3.8) is 0 Å². The second-order valence-electron chi connectivity index (χ2n) is 27.2. The Labute approximate surface area is 556 Å². The molecule has 0 bridgehead atoms.